The van der Waals surface area contributed by atoms with Crippen LogP contribution in [0.1, 0.15) is 32.4 Å². The highest BCUT2D eigenvalue weighted by Crippen LogP contribution is 2.33. The lowest BCUT2D eigenvalue weighted by atomic mass is 10.0. The minimum absolute atomic E-state index is 0.256. The fraction of sp³-hybridized carbons (Fsp3) is 0.462. The topological polar surface area (TPSA) is 29.5 Å². The number of benzene rings is 1. The molecule has 0 spiro atoms. The van der Waals surface area contributed by atoms with E-state index in [0.29, 0.717) is 16.6 Å². The molecular weight excluding hydrogens is 273 g/mol. The van der Waals surface area contributed by atoms with Crippen molar-refractivity contribution in [3.63, 3.8) is 0 Å². The van der Waals surface area contributed by atoms with Crippen molar-refractivity contribution in [1.82, 2.24) is 4.90 Å². The predicted octanol–water partition coefficient (Wildman–Crippen LogP) is 4.29. The van der Waals surface area contributed by atoms with Crippen LogP contribution in [-0.2, 0) is 4.74 Å². The average Bonchev–Trinajstić information content (AvgIpc) is 2.58. The largest absolute Gasteiger partial charge is 0.439 e. The molecule has 1 aromatic carbocycles. The third-order valence-electron chi connectivity index (χ3n) is 2.88. The fourth-order valence-electron chi connectivity index (χ4n) is 1.95. The van der Waals surface area contributed by atoms with Gasteiger partial charge < -0.3 is 4.74 Å². The summed E-state index contributed by atoms with van der Waals surface area (Å²) in [5.41, 5.74) is 0.571. The molecule has 1 amide bonds. The molecule has 0 aromatic heterocycles. The summed E-state index contributed by atoms with van der Waals surface area (Å²) in [6, 6.07) is 5.21. The van der Waals surface area contributed by atoms with E-state index in [9.17, 15) is 4.79 Å². The quantitative estimate of drug-likeness (QED) is 0.771. The standard InChI is InChI=1S/C13H15Cl2NO2/c1-13(2,3)16-7-11(18-12(16)17)8-4-9(14)6-10(15)5-8/h4-6,11H,7H2,1-3H3. The minimum atomic E-state index is -0.312. The number of hydrogen-bond donors (Lipinski definition) is 0. The van der Waals surface area contributed by atoms with Gasteiger partial charge in [-0.3, -0.25) is 4.90 Å². The van der Waals surface area contributed by atoms with Crippen molar-refractivity contribution < 1.29 is 9.53 Å². The number of amides is 1. The summed E-state index contributed by atoms with van der Waals surface area (Å²) in [6.07, 6.45) is -0.614. The van der Waals surface area contributed by atoms with Crippen molar-refractivity contribution >= 4 is 29.3 Å². The van der Waals surface area contributed by atoms with Gasteiger partial charge in [0, 0.05) is 15.6 Å². The van der Waals surface area contributed by atoms with Crippen LogP contribution in [0.2, 0.25) is 10.0 Å². The van der Waals surface area contributed by atoms with Gasteiger partial charge in [-0.15, -0.1) is 0 Å². The smallest absolute Gasteiger partial charge is 0.411 e. The van der Waals surface area contributed by atoms with E-state index in [2.05, 4.69) is 0 Å². The summed E-state index contributed by atoms with van der Waals surface area (Å²) < 4.78 is 5.37. The Morgan fingerprint density at radius 1 is 1.22 bits per heavy atom. The molecule has 1 unspecified atom stereocenters. The van der Waals surface area contributed by atoms with E-state index in [-0.39, 0.29) is 17.7 Å². The summed E-state index contributed by atoms with van der Waals surface area (Å²) >= 11 is 11.9. The lowest BCUT2D eigenvalue weighted by molar-refractivity contribution is 0.120. The van der Waals surface area contributed by atoms with Crippen LogP contribution in [-0.4, -0.2) is 23.1 Å². The molecule has 1 fully saturated rings. The molecule has 1 heterocycles. The Labute approximate surface area is 117 Å². The summed E-state index contributed by atoms with van der Waals surface area (Å²) in [4.78, 5) is 13.5. The number of halogens is 2. The number of hydrogen-bond acceptors (Lipinski definition) is 2. The van der Waals surface area contributed by atoms with Gasteiger partial charge >= 0.3 is 6.09 Å². The molecule has 1 aliphatic rings. The molecule has 2 rings (SSSR count). The van der Waals surface area contributed by atoms with Crippen LogP contribution < -0.4 is 0 Å². The SMILES string of the molecule is CC(C)(C)N1CC(c2cc(Cl)cc(Cl)c2)OC1=O. The van der Waals surface area contributed by atoms with Crippen molar-refractivity contribution in [3.8, 4) is 0 Å². The van der Waals surface area contributed by atoms with Crippen LogP contribution in [0.5, 0.6) is 0 Å². The van der Waals surface area contributed by atoms with Crippen molar-refractivity contribution in [2.24, 2.45) is 0 Å². The van der Waals surface area contributed by atoms with Gasteiger partial charge in [0.2, 0.25) is 0 Å². The van der Waals surface area contributed by atoms with E-state index >= 15 is 0 Å². The van der Waals surface area contributed by atoms with Crippen LogP contribution in [0.25, 0.3) is 0 Å². The maximum atomic E-state index is 11.8. The number of cyclic esters (lactones) is 1. The molecule has 18 heavy (non-hydrogen) atoms. The molecule has 1 aliphatic heterocycles. The average molecular weight is 288 g/mol. The Morgan fingerprint density at radius 3 is 2.22 bits per heavy atom. The van der Waals surface area contributed by atoms with E-state index in [1.807, 2.05) is 20.8 Å². The van der Waals surface area contributed by atoms with Gasteiger partial charge in [-0.05, 0) is 44.5 Å². The maximum Gasteiger partial charge on any atom is 0.411 e. The molecule has 1 aromatic rings. The van der Waals surface area contributed by atoms with Gasteiger partial charge in [0.25, 0.3) is 0 Å². The zero-order valence-electron chi connectivity index (χ0n) is 10.5. The lowest BCUT2D eigenvalue weighted by Crippen LogP contribution is -2.41. The number of carbonyl (C=O) groups excluding carboxylic acids is 1. The molecule has 98 valence electrons. The van der Waals surface area contributed by atoms with Gasteiger partial charge in [-0.25, -0.2) is 4.79 Å². The first kappa shape index (κ1) is 13.5. The van der Waals surface area contributed by atoms with E-state index in [4.69, 9.17) is 27.9 Å². The first-order valence-corrected chi connectivity index (χ1v) is 6.47. The van der Waals surface area contributed by atoms with Crippen LogP contribution in [0, 0.1) is 0 Å². The molecule has 3 nitrogen and oxygen atoms in total. The van der Waals surface area contributed by atoms with Crippen molar-refractivity contribution in [1.29, 1.82) is 0 Å². The highest BCUT2D eigenvalue weighted by Gasteiger charge is 2.38. The Bertz CT molecular complexity index is 462. The van der Waals surface area contributed by atoms with Gasteiger partial charge in [0.15, 0.2) is 0 Å². The molecule has 0 aliphatic carbocycles. The Balaban J connectivity index is 2.24. The van der Waals surface area contributed by atoms with E-state index in [1.54, 1.807) is 23.1 Å². The lowest BCUT2D eigenvalue weighted by Gasteiger charge is -2.29. The second-order valence-electron chi connectivity index (χ2n) is 5.36. The molecule has 1 saturated heterocycles. The van der Waals surface area contributed by atoms with Crippen LogP contribution in [0.3, 0.4) is 0 Å². The monoisotopic (exact) mass is 287 g/mol. The Kier molecular flexibility index (Phi) is 3.47. The normalized spacial score (nSPS) is 20.2. The molecular formula is C13H15Cl2NO2. The van der Waals surface area contributed by atoms with E-state index in [1.165, 1.54) is 0 Å². The second-order valence-corrected chi connectivity index (χ2v) is 6.23. The van der Waals surface area contributed by atoms with Gasteiger partial charge in [0.1, 0.15) is 6.10 Å². The number of ether oxygens (including phenoxy) is 1. The van der Waals surface area contributed by atoms with E-state index < -0.39 is 0 Å². The second kappa shape index (κ2) is 4.63. The number of rotatable bonds is 1. The highest BCUT2D eigenvalue weighted by atomic mass is 35.5. The van der Waals surface area contributed by atoms with Gasteiger partial charge in [-0.2, -0.15) is 0 Å². The van der Waals surface area contributed by atoms with Crippen LogP contribution in [0.15, 0.2) is 18.2 Å². The summed E-state index contributed by atoms with van der Waals surface area (Å²) in [5.74, 6) is 0. The summed E-state index contributed by atoms with van der Waals surface area (Å²) in [6.45, 7) is 6.43. The van der Waals surface area contributed by atoms with E-state index in [0.717, 1.165) is 5.56 Å². The van der Waals surface area contributed by atoms with Crippen LogP contribution in [0.4, 0.5) is 4.79 Å². The van der Waals surface area contributed by atoms with Gasteiger partial charge in [-0.1, -0.05) is 23.2 Å². The predicted molar refractivity (Wildman–Crippen MR) is 72.1 cm³/mol. The van der Waals surface area contributed by atoms with Crippen molar-refractivity contribution in [2.45, 2.75) is 32.4 Å². The molecule has 0 N–H and O–H groups in total. The maximum absolute atomic E-state index is 11.8. The summed E-state index contributed by atoms with van der Waals surface area (Å²) in [5, 5.41) is 1.09. The summed E-state index contributed by atoms with van der Waals surface area (Å²) in [7, 11) is 0. The highest BCUT2D eigenvalue weighted by molar-refractivity contribution is 6.34. The molecule has 1 atom stereocenters. The number of nitrogens with zero attached hydrogens (tertiary/aromatic N) is 1. The van der Waals surface area contributed by atoms with Crippen molar-refractivity contribution in [2.75, 3.05) is 6.54 Å². The third-order valence-corrected chi connectivity index (χ3v) is 3.31. The molecule has 0 radical (unpaired) electrons. The van der Waals surface area contributed by atoms with Crippen LogP contribution >= 0.6 is 23.2 Å². The van der Waals surface area contributed by atoms with Gasteiger partial charge in [0.05, 0.1) is 6.54 Å². The Morgan fingerprint density at radius 2 is 1.78 bits per heavy atom. The zero-order chi connectivity index (χ0) is 13.5. The fourth-order valence-corrected chi connectivity index (χ4v) is 2.49. The van der Waals surface area contributed by atoms with Crippen molar-refractivity contribution in [3.05, 3.63) is 33.8 Å². The Hall–Kier alpha value is -0.930. The molecule has 0 bridgehead atoms. The first-order valence-electron chi connectivity index (χ1n) is 5.71. The minimum Gasteiger partial charge on any atom is -0.439 e. The zero-order valence-corrected chi connectivity index (χ0v) is 12.0. The number of carbonyl (C=O) groups is 1. The first-order chi connectivity index (χ1) is 8.27. The third kappa shape index (κ3) is 2.73. The molecule has 5 heteroatoms. The molecule has 0 saturated carbocycles.